The van der Waals surface area contributed by atoms with E-state index in [0.717, 1.165) is 12.8 Å². The van der Waals surface area contributed by atoms with Crippen molar-refractivity contribution < 1.29 is 19.1 Å². The van der Waals surface area contributed by atoms with Gasteiger partial charge < -0.3 is 14.4 Å². The first-order valence-corrected chi connectivity index (χ1v) is 8.25. The number of benzene rings is 1. The van der Waals surface area contributed by atoms with Crippen LogP contribution < -0.4 is 9.47 Å². The molecule has 0 bridgehead atoms. The lowest BCUT2D eigenvalue weighted by Crippen LogP contribution is -2.45. The van der Waals surface area contributed by atoms with Crippen LogP contribution in [0.5, 0.6) is 11.5 Å². The predicted molar refractivity (Wildman–Crippen MR) is 86.0 cm³/mol. The van der Waals surface area contributed by atoms with Crippen LogP contribution in [0.1, 0.15) is 49.4 Å². The molecular formula is C18H23NO4. The number of hydrogen-bond acceptors (Lipinski definition) is 4. The molecule has 5 nitrogen and oxygen atoms in total. The maximum Gasteiger partial charge on any atom is 0.222 e. The van der Waals surface area contributed by atoms with Crippen LogP contribution in [0.2, 0.25) is 0 Å². The van der Waals surface area contributed by atoms with Crippen molar-refractivity contribution in [1.82, 2.24) is 4.90 Å². The molecule has 2 heterocycles. The van der Waals surface area contributed by atoms with Crippen LogP contribution in [0.4, 0.5) is 0 Å². The summed E-state index contributed by atoms with van der Waals surface area (Å²) in [4.78, 5) is 26.6. The third kappa shape index (κ3) is 3.05. The fourth-order valence-corrected chi connectivity index (χ4v) is 3.37. The number of ketones is 1. The van der Waals surface area contributed by atoms with Gasteiger partial charge in [0.05, 0.1) is 25.6 Å². The molecule has 23 heavy (non-hydrogen) atoms. The zero-order chi connectivity index (χ0) is 16.4. The Morgan fingerprint density at radius 2 is 2.26 bits per heavy atom. The third-order valence-electron chi connectivity index (χ3n) is 4.71. The first-order chi connectivity index (χ1) is 11.1. The zero-order valence-corrected chi connectivity index (χ0v) is 13.8. The van der Waals surface area contributed by atoms with Gasteiger partial charge in [-0.05, 0) is 24.6 Å². The van der Waals surface area contributed by atoms with E-state index in [1.807, 2.05) is 4.90 Å². The van der Waals surface area contributed by atoms with Crippen molar-refractivity contribution >= 4 is 11.7 Å². The molecule has 0 radical (unpaired) electrons. The molecule has 2 aliphatic heterocycles. The Morgan fingerprint density at radius 1 is 1.43 bits per heavy atom. The van der Waals surface area contributed by atoms with Crippen molar-refractivity contribution in [3.05, 3.63) is 23.8 Å². The minimum Gasteiger partial charge on any atom is -0.497 e. The van der Waals surface area contributed by atoms with Gasteiger partial charge in [-0.25, -0.2) is 0 Å². The second kappa shape index (κ2) is 6.22. The molecule has 124 valence electrons. The van der Waals surface area contributed by atoms with Crippen molar-refractivity contribution in [1.29, 1.82) is 0 Å². The van der Waals surface area contributed by atoms with Crippen molar-refractivity contribution in [3.63, 3.8) is 0 Å². The van der Waals surface area contributed by atoms with Crippen molar-refractivity contribution in [2.45, 2.75) is 44.6 Å². The molecule has 0 saturated carbocycles. The van der Waals surface area contributed by atoms with Crippen LogP contribution >= 0.6 is 0 Å². The second-order valence-corrected chi connectivity index (χ2v) is 6.42. The molecule has 0 N–H and O–H groups in total. The van der Waals surface area contributed by atoms with Gasteiger partial charge in [-0.2, -0.15) is 0 Å². The number of ether oxygens (including phenoxy) is 2. The number of rotatable bonds is 4. The summed E-state index contributed by atoms with van der Waals surface area (Å²) >= 11 is 0. The molecular weight excluding hydrogens is 294 g/mol. The number of fused-ring (bicyclic) bond motifs is 1. The Balaban J connectivity index is 1.75. The molecule has 5 heteroatoms. The lowest BCUT2D eigenvalue weighted by atomic mass is 9.89. The first kappa shape index (κ1) is 15.8. The molecule has 0 aromatic heterocycles. The fraction of sp³-hybridized carbons (Fsp3) is 0.556. The van der Waals surface area contributed by atoms with Crippen LogP contribution in [0.25, 0.3) is 0 Å². The van der Waals surface area contributed by atoms with Gasteiger partial charge in [0.25, 0.3) is 0 Å². The van der Waals surface area contributed by atoms with E-state index in [1.54, 1.807) is 25.3 Å². The lowest BCUT2D eigenvalue weighted by Gasteiger charge is -2.34. The van der Waals surface area contributed by atoms with Crippen LogP contribution in [0.3, 0.4) is 0 Å². The molecule has 1 atom stereocenters. The van der Waals surface area contributed by atoms with Gasteiger partial charge >= 0.3 is 0 Å². The van der Waals surface area contributed by atoms with Gasteiger partial charge in [0, 0.05) is 19.4 Å². The molecule has 1 amide bonds. The maximum absolute atomic E-state index is 12.5. The highest BCUT2D eigenvalue weighted by Gasteiger charge is 2.46. The van der Waals surface area contributed by atoms with Gasteiger partial charge in [0.2, 0.25) is 5.91 Å². The monoisotopic (exact) mass is 317 g/mol. The summed E-state index contributed by atoms with van der Waals surface area (Å²) in [5, 5.41) is 0. The van der Waals surface area contributed by atoms with E-state index >= 15 is 0 Å². The zero-order valence-electron chi connectivity index (χ0n) is 13.8. The number of unbranched alkanes of at least 4 members (excludes halogenated alkanes) is 1. The Labute approximate surface area is 136 Å². The van der Waals surface area contributed by atoms with Gasteiger partial charge in [-0.15, -0.1) is 0 Å². The number of carbonyl (C=O) groups is 2. The highest BCUT2D eigenvalue weighted by Crippen LogP contribution is 2.40. The van der Waals surface area contributed by atoms with Crippen LogP contribution in [0, 0.1) is 0 Å². The van der Waals surface area contributed by atoms with Crippen molar-refractivity contribution in [3.8, 4) is 11.5 Å². The van der Waals surface area contributed by atoms with Gasteiger partial charge in [-0.3, -0.25) is 9.59 Å². The quantitative estimate of drug-likeness (QED) is 0.857. The summed E-state index contributed by atoms with van der Waals surface area (Å²) in [5.74, 6) is 1.48. The van der Waals surface area contributed by atoms with Crippen molar-refractivity contribution in [2.75, 3.05) is 20.2 Å². The summed E-state index contributed by atoms with van der Waals surface area (Å²) in [6.45, 7) is 3.25. The molecule has 2 aliphatic rings. The highest BCUT2D eigenvalue weighted by molar-refractivity contribution is 6.00. The Hall–Kier alpha value is -2.04. The normalized spacial score (nSPS) is 22.9. The summed E-state index contributed by atoms with van der Waals surface area (Å²) in [6.07, 6.45) is 3.53. The molecule has 1 saturated heterocycles. The SMILES string of the molecule is CCCCC(=O)N1CCC2(CC(=O)c3cc(OC)ccc3O2)C1. The van der Waals surface area contributed by atoms with Gasteiger partial charge in [0.15, 0.2) is 5.78 Å². The van der Waals surface area contributed by atoms with E-state index in [0.29, 0.717) is 49.4 Å². The Bertz CT molecular complexity index is 627. The molecule has 1 aromatic rings. The summed E-state index contributed by atoms with van der Waals surface area (Å²) < 4.78 is 11.3. The van der Waals surface area contributed by atoms with E-state index < -0.39 is 5.60 Å². The predicted octanol–water partition coefficient (Wildman–Crippen LogP) is 2.82. The van der Waals surface area contributed by atoms with Crippen molar-refractivity contribution in [2.24, 2.45) is 0 Å². The molecule has 1 unspecified atom stereocenters. The maximum atomic E-state index is 12.5. The van der Waals surface area contributed by atoms with E-state index in [-0.39, 0.29) is 11.7 Å². The Kier molecular flexibility index (Phi) is 4.28. The average Bonchev–Trinajstić information content (AvgIpc) is 2.95. The van der Waals surface area contributed by atoms with E-state index in [9.17, 15) is 9.59 Å². The smallest absolute Gasteiger partial charge is 0.222 e. The van der Waals surface area contributed by atoms with E-state index in [2.05, 4.69) is 6.92 Å². The standard InChI is InChI=1S/C18H23NO4/c1-3-4-5-17(21)19-9-8-18(12-19)11-15(20)14-10-13(22-2)6-7-16(14)23-18/h6-7,10H,3-5,8-9,11-12H2,1-2H3. The van der Waals surface area contributed by atoms with Gasteiger partial charge in [0.1, 0.15) is 17.1 Å². The topological polar surface area (TPSA) is 55.8 Å². The molecule has 0 aliphatic carbocycles. The Morgan fingerprint density at radius 3 is 3.00 bits per heavy atom. The highest BCUT2D eigenvalue weighted by atomic mass is 16.5. The number of Topliss-reactive ketones (excluding diaryl/α,β-unsaturated/α-hetero) is 1. The molecule has 1 fully saturated rings. The van der Waals surface area contributed by atoms with Crippen LogP contribution in [-0.4, -0.2) is 42.4 Å². The van der Waals surface area contributed by atoms with Crippen LogP contribution in [-0.2, 0) is 4.79 Å². The molecule has 1 spiro atoms. The number of hydrogen-bond donors (Lipinski definition) is 0. The average molecular weight is 317 g/mol. The summed E-state index contributed by atoms with van der Waals surface area (Å²) in [7, 11) is 1.58. The van der Waals surface area contributed by atoms with E-state index in [4.69, 9.17) is 9.47 Å². The number of carbonyl (C=O) groups excluding carboxylic acids is 2. The lowest BCUT2D eigenvalue weighted by molar-refractivity contribution is -0.131. The largest absolute Gasteiger partial charge is 0.497 e. The first-order valence-electron chi connectivity index (χ1n) is 8.25. The van der Waals surface area contributed by atoms with E-state index in [1.165, 1.54) is 0 Å². The van der Waals surface area contributed by atoms with Crippen LogP contribution in [0.15, 0.2) is 18.2 Å². The third-order valence-corrected chi connectivity index (χ3v) is 4.71. The minimum absolute atomic E-state index is 0.0630. The summed E-state index contributed by atoms with van der Waals surface area (Å²) in [5.41, 5.74) is 0.0197. The fourth-order valence-electron chi connectivity index (χ4n) is 3.37. The summed E-state index contributed by atoms with van der Waals surface area (Å²) in [6, 6.07) is 5.31. The number of amides is 1. The minimum atomic E-state index is -0.555. The van der Waals surface area contributed by atoms with Gasteiger partial charge in [-0.1, -0.05) is 13.3 Å². The molecule has 1 aromatic carbocycles. The number of nitrogens with zero attached hydrogens (tertiary/aromatic N) is 1. The number of likely N-dealkylation sites (tertiary alicyclic amines) is 1. The second-order valence-electron chi connectivity index (χ2n) is 6.42. The number of methoxy groups -OCH3 is 1. The molecule has 3 rings (SSSR count).